The van der Waals surface area contributed by atoms with Gasteiger partial charge in [0.1, 0.15) is 0 Å². The van der Waals surface area contributed by atoms with Crippen LogP contribution in [-0.2, 0) is 0 Å². The molecule has 1 saturated heterocycles. The Kier molecular flexibility index (Phi) is 5.86. The van der Waals surface area contributed by atoms with Crippen LogP contribution in [0.25, 0.3) is 0 Å². The van der Waals surface area contributed by atoms with Crippen molar-refractivity contribution >= 4 is 0 Å². The highest BCUT2D eigenvalue weighted by Gasteiger charge is 2.14. The van der Waals surface area contributed by atoms with Crippen LogP contribution < -0.4 is 11.2 Å². The third kappa shape index (κ3) is 3.42. The predicted molar refractivity (Wildman–Crippen MR) is 34.0 cm³/mol. The summed E-state index contributed by atoms with van der Waals surface area (Å²) in [4.78, 5) is 0. The van der Waals surface area contributed by atoms with E-state index in [1.165, 1.54) is 0 Å². The summed E-state index contributed by atoms with van der Waals surface area (Å²) < 4.78 is 0. The summed E-state index contributed by atoms with van der Waals surface area (Å²) in [7, 11) is 0. The Morgan fingerprint density at radius 3 is 2.11 bits per heavy atom. The Bertz CT molecular complexity index is 56.9. The second kappa shape index (κ2) is 5.97. The van der Waals surface area contributed by atoms with Crippen LogP contribution in [0.4, 0.5) is 0 Å². The van der Waals surface area contributed by atoms with E-state index in [2.05, 4.69) is 11.2 Å². The van der Waals surface area contributed by atoms with Crippen LogP contribution >= 0.6 is 0 Å². The monoisotopic (exact) mass is 134 g/mol. The maximum Gasteiger partial charge on any atom is 0.0434 e. The van der Waals surface area contributed by atoms with E-state index >= 15 is 0 Å². The van der Waals surface area contributed by atoms with Gasteiger partial charge in [0.25, 0.3) is 0 Å². The number of nitrogens with one attached hydrogen (secondary N) is 1. The molecule has 1 aliphatic heterocycles. The Morgan fingerprint density at radius 1 is 1.44 bits per heavy atom. The van der Waals surface area contributed by atoms with Crippen LogP contribution in [0.1, 0.15) is 6.42 Å². The zero-order valence-electron chi connectivity index (χ0n) is 5.38. The van der Waals surface area contributed by atoms with Gasteiger partial charge in [0.2, 0.25) is 0 Å². The molecule has 0 aromatic rings. The normalized spacial score (nSPS) is 17.7. The lowest BCUT2D eigenvalue weighted by Gasteiger charge is -2.25. The highest BCUT2D eigenvalue weighted by molar-refractivity contribution is 4.73. The lowest BCUT2D eigenvalue weighted by molar-refractivity contribution is 0.223. The van der Waals surface area contributed by atoms with E-state index in [4.69, 9.17) is 10.3 Å². The Morgan fingerprint density at radius 2 is 2.00 bits per heavy atom. The molecule has 0 radical (unpaired) electrons. The van der Waals surface area contributed by atoms with Crippen molar-refractivity contribution in [3.8, 4) is 0 Å². The van der Waals surface area contributed by atoms with Crippen molar-refractivity contribution in [2.45, 2.75) is 6.42 Å². The van der Waals surface area contributed by atoms with Crippen molar-refractivity contribution in [2.75, 3.05) is 19.7 Å². The number of aliphatic hydroxyl groups excluding tert-OH is 1. The average molecular weight is 134 g/mol. The van der Waals surface area contributed by atoms with Gasteiger partial charge in [-0.1, -0.05) is 0 Å². The molecule has 1 rings (SSSR count). The van der Waals surface area contributed by atoms with Crippen molar-refractivity contribution in [3.63, 3.8) is 0 Å². The van der Waals surface area contributed by atoms with E-state index in [1.54, 1.807) is 0 Å². The molecule has 56 valence electrons. The molecule has 4 heteroatoms. The zero-order chi connectivity index (χ0) is 7.11. The van der Waals surface area contributed by atoms with Crippen LogP contribution in [0.5, 0.6) is 0 Å². The summed E-state index contributed by atoms with van der Waals surface area (Å²) in [5, 5.41) is 18.0. The summed E-state index contributed by atoms with van der Waals surface area (Å²) in [5.74, 6) is 4.27. The second-order valence-corrected chi connectivity index (χ2v) is 2.04. The SMILES string of the molecule is NO.OCCC1CNC1. The van der Waals surface area contributed by atoms with Gasteiger partial charge in [0, 0.05) is 6.61 Å². The molecule has 0 amide bonds. The van der Waals surface area contributed by atoms with E-state index < -0.39 is 0 Å². The summed E-state index contributed by atoms with van der Waals surface area (Å²) in [6.45, 7) is 2.58. The fraction of sp³-hybridized carbons (Fsp3) is 1.00. The summed E-state index contributed by atoms with van der Waals surface area (Å²) >= 11 is 0. The molecule has 4 nitrogen and oxygen atoms in total. The third-order valence-corrected chi connectivity index (χ3v) is 1.40. The van der Waals surface area contributed by atoms with Gasteiger partial charge in [-0.2, -0.15) is 0 Å². The molecule has 9 heavy (non-hydrogen) atoms. The second-order valence-electron chi connectivity index (χ2n) is 2.04. The molecular weight excluding hydrogens is 120 g/mol. The van der Waals surface area contributed by atoms with Crippen molar-refractivity contribution in [2.24, 2.45) is 11.8 Å². The molecule has 0 aromatic heterocycles. The van der Waals surface area contributed by atoms with Gasteiger partial charge in [-0.25, -0.2) is 5.90 Å². The molecule has 5 N–H and O–H groups in total. The van der Waals surface area contributed by atoms with Gasteiger partial charge in [0.15, 0.2) is 0 Å². The minimum absolute atomic E-state index is 0.354. The first-order valence-corrected chi connectivity index (χ1v) is 3.01. The highest BCUT2D eigenvalue weighted by Crippen LogP contribution is 2.05. The van der Waals surface area contributed by atoms with Crippen LogP contribution in [0.3, 0.4) is 0 Å². The van der Waals surface area contributed by atoms with Gasteiger partial charge in [-0.15, -0.1) is 0 Å². The van der Waals surface area contributed by atoms with E-state index in [-0.39, 0.29) is 0 Å². The largest absolute Gasteiger partial charge is 0.396 e. The van der Waals surface area contributed by atoms with E-state index in [0.29, 0.717) is 6.61 Å². The average Bonchev–Trinajstić information content (AvgIpc) is 1.84. The topological polar surface area (TPSA) is 78.5 Å². The maximum atomic E-state index is 8.37. The Labute approximate surface area is 54.6 Å². The lowest BCUT2D eigenvalue weighted by Crippen LogP contribution is -2.42. The van der Waals surface area contributed by atoms with Crippen LogP contribution in [0, 0.1) is 5.92 Å². The zero-order valence-corrected chi connectivity index (χ0v) is 5.38. The summed E-state index contributed by atoms with van der Waals surface area (Å²) in [6.07, 6.45) is 0.979. The standard InChI is InChI=1S/C5H11NO.H3NO/c7-2-1-5-3-6-4-5;1-2/h5-7H,1-4H2;2H,1H2. The molecule has 0 spiro atoms. The summed E-state index contributed by atoms with van der Waals surface area (Å²) in [5.41, 5.74) is 0. The lowest BCUT2D eigenvalue weighted by atomic mass is 10.0. The number of nitrogens with two attached hydrogens (primary N) is 1. The third-order valence-electron chi connectivity index (χ3n) is 1.40. The van der Waals surface area contributed by atoms with Gasteiger partial charge in [0.05, 0.1) is 0 Å². The molecule has 0 aliphatic carbocycles. The fourth-order valence-electron chi connectivity index (χ4n) is 0.735. The van der Waals surface area contributed by atoms with Gasteiger partial charge < -0.3 is 15.6 Å². The number of hydrogen-bond donors (Lipinski definition) is 4. The maximum absolute atomic E-state index is 8.37. The molecule has 0 atom stereocenters. The molecule has 1 aliphatic rings. The van der Waals surface area contributed by atoms with Crippen LogP contribution in [-0.4, -0.2) is 30.0 Å². The molecule has 0 bridgehead atoms. The molecular formula is C5H14N2O2. The number of rotatable bonds is 2. The Hall–Kier alpha value is -0.160. The van der Waals surface area contributed by atoms with Crippen molar-refractivity contribution in [1.29, 1.82) is 0 Å². The molecule has 1 fully saturated rings. The minimum Gasteiger partial charge on any atom is -0.396 e. The van der Waals surface area contributed by atoms with Crippen molar-refractivity contribution in [1.82, 2.24) is 5.32 Å². The molecule has 0 unspecified atom stereocenters. The first kappa shape index (κ1) is 8.84. The number of aliphatic hydroxyl groups is 1. The van der Waals surface area contributed by atoms with Gasteiger partial charge >= 0.3 is 0 Å². The first-order valence-electron chi connectivity index (χ1n) is 3.01. The number of hydrogen-bond acceptors (Lipinski definition) is 4. The van der Waals surface area contributed by atoms with Crippen LogP contribution in [0.15, 0.2) is 0 Å². The van der Waals surface area contributed by atoms with E-state index in [0.717, 1.165) is 25.4 Å². The first-order chi connectivity index (χ1) is 4.43. The molecule has 1 heterocycles. The Balaban J connectivity index is 0.000000291. The van der Waals surface area contributed by atoms with E-state index in [9.17, 15) is 0 Å². The predicted octanol–water partition coefficient (Wildman–Crippen LogP) is -1.08. The van der Waals surface area contributed by atoms with Gasteiger partial charge in [-0.3, -0.25) is 0 Å². The smallest absolute Gasteiger partial charge is 0.0434 e. The highest BCUT2D eigenvalue weighted by atomic mass is 16.4. The molecule has 0 saturated carbocycles. The van der Waals surface area contributed by atoms with Crippen molar-refractivity contribution < 1.29 is 10.3 Å². The quantitative estimate of drug-likeness (QED) is 0.362. The van der Waals surface area contributed by atoms with Gasteiger partial charge in [-0.05, 0) is 25.4 Å². The van der Waals surface area contributed by atoms with Crippen molar-refractivity contribution in [3.05, 3.63) is 0 Å². The minimum atomic E-state index is 0.354. The summed E-state index contributed by atoms with van der Waals surface area (Å²) in [6, 6.07) is 0. The van der Waals surface area contributed by atoms with E-state index in [1.807, 2.05) is 0 Å². The molecule has 0 aromatic carbocycles. The van der Waals surface area contributed by atoms with Crippen LogP contribution in [0.2, 0.25) is 0 Å². The fourth-order valence-corrected chi connectivity index (χ4v) is 0.735.